The van der Waals surface area contributed by atoms with E-state index in [0.29, 0.717) is 0 Å². The number of rotatable bonds is 4. The molecule has 1 amide bonds. The van der Waals surface area contributed by atoms with E-state index in [0.717, 1.165) is 36.1 Å². The summed E-state index contributed by atoms with van der Waals surface area (Å²) in [6.07, 6.45) is 2.03. The number of aromatic carboxylic acids is 1. The second kappa shape index (κ2) is 9.38. The number of benzene rings is 1. The number of hydrogen-bond acceptors (Lipinski definition) is 9. The number of nitrogens with one attached hydrogen (secondary N) is 1. The Hall–Kier alpha value is -4.08. The first kappa shape index (κ1) is 22.6. The van der Waals surface area contributed by atoms with Crippen molar-refractivity contribution in [3.8, 4) is 6.07 Å². The minimum Gasteiger partial charge on any atom is -0.477 e. The molecule has 0 saturated carbocycles. The Balaban J connectivity index is 0.000000193. The van der Waals surface area contributed by atoms with Crippen LogP contribution in [0.5, 0.6) is 0 Å². The molecule has 2 aromatic heterocycles. The molecule has 1 aliphatic rings. The number of primary amides is 1. The number of fused-ring (bicyclic) bond motifs is 2. The SMILES string of the molecule is COC(=O)c1cc(C(=O)O)nc2c(C(N)=O)nnn12.N#Cc1ccc2c(c1)CC[C@@H]2NCl. The quantitative estimate of drug-likeness (QED) is 0.376. The smallest absolute Gasteiger partial charge is 0.356 e. The number of carbonyl (C=O) groups excluding carboxylic acids is 2. The summed E-state index contributed by atoms with van der Waals surface area (Å²) in [5.74, 6) is -3.18. The number of nitrogens with two attached hydrogens (primary N) is 1. The number of esters is 1. The lowest BCUT2D eigenvalue weighted by molar-refractivity contribution is 0.0590. The molecule has 0 fully saturated rings. The lowest BCUT2D eigenvalue weighted by Gasteiger charge is -2.07. The molecule has 4 rings (SSSR count). The Labute approximate surface area is 185 Å². The van der Waals surface area contributed by atoms with Crippen molar-refractivity contribution < 1.29 is 24.2 Å². The first-order valence-corrected chi connectivity index (χ1v) is 9.45. The van der Waals surface area contributed by atoms with Crippen molar-refractivity contribution in [1.82, 2.24) is 24.6 Å². The predicted octanol–water partition coefficient (Wildman–Crippen LogP) is 0.997. The molecule has 4 N–H and O–H groups in total. The van der Waals surface area contributed by atoms with Crippen LogP contribution in [0.25, 0.3) is 5.65 Å². The number of halogens is 1. The van der Waals surface area contributed by atoms with Crippen LogP contribution < -0.4 is 10.6 Å². The Morgan fingerprint density at radius 1 is 1.38 bits per heavy atom. The fourth-order valence-electron chi connectivity index (χ4n) is 3.20. The van der Waals surface area contributed by atoms with Gasteiger partial charge in [0.05, 0.1) is 18.7 Å². The number of nitriles is 1. The van der Waals surface area contributed by atoms with Crippen molar-refractivity contribution in [3.63, 3.8) is 0 Å². The molecule has 32 heavy (non-hydrogen) atoms. The lowest BCUT2D eigenvalue weighted by atomic mass is 10.1. The molecule has 1 aliphatic carbocycles. The van der Waals surface area contributed by atoms with Crippen LogP contribution in [-0.2, 0) is 11.2 Å². The van der Waals surface area contributed by atoms with Gasteiger partial charge in [-0.15, -0.1) is 5.10 Å². The van der Waals surface area contributed by atoms with E-state index in [9.17, 15) is 14.4 Å². The summed E-state index contributed by atoms with van der Waals surface area (Å²) in [6.45, 7) is 0. The average molecular weight is 458 g/mol. The second-order valence-corrected chi connectivity index (χ2v) is 6.81. The third-order valence-corrected chi connectivity index (χ3v) is 4.97. The van der Waals surface area contributed by atoms with Gasteiger partial charge in [0.15, 0.2) is 22.7 Å². The summed E-state index contributed by atoms with van der Waals surface area (Å²) in [6, 6.07) is 9.12. The van der Waals surface area contributed by atoms with Crippen LogP contribution in [-0.4, -0.2) is 49.9 Å². The number of aryl methyl sites for hydroxylation is 1. The molecule has 2 heterocycles. The van der Waals surface area contributed by atoms with Gasteiger partial charge in [0.2, 0.25) is 0 Å². The zero-order valence-corrected chi connectivity index (χ0v) is 17.3. The molecule has 0 aliphatic heterocycles. The molecule has 0 radical (unpaired) electrons. The summed E-state index contributed by atoms with van der Waals surface area (Å²) in [7, 11) is 1.11. The van der Waals surface area contributed by atoms with Gasteiger partial charge in [0.1, 0.15) is 0 Å². The highest BCUT2D eigenvalue weighted by atomic mass is 35.5. The van der Waals surface area contributed by atoms with Gasteiger partial charge in [0, 0.05) is 12.1 Å². The van der Waals surface area contributed by atoms with Gasteiger partial charge in [0.25, 0.3) is 5.91 Å². The van der Waals surface area contributed by atoms with Gasteiger partial charge in [-0.05, 0) is 47.9 Å². The van der Waals surface area contributed by atoms with E-state index in [-0.39, 0.29) is 23.1 Å². The van der Waals surface area contributed by atoms with Crippen LogP contribution in [0.2, 0.25) is 0 Å². The number of amides is 1. The number of carboxylic acid groups (broad SMARTS) is 1. The maximum absolute atomic E-state index is 11.5. The molecule has 164 valence electrons. The molecule has 13 heteroatoms. The third kappa shape index (κ3) is 4.34. The number of nitrogens with zero attached hydrogens (tertiary/aromatic N) is 5. The highest BCUT2D eigenvalue weighted by Gasteiger charge is 2.23. The second-order valence-electron chi connectivity index (χ2n) is 6.59. The van der Waals surface area contributed by atoms with Crippen molar-refractivity contribution >= 4 is 35.3 Å². The maximum Gasteiger partial charge on any atom is 0.356 e. The zero-order valence-electron chi connectivity index (χ0n) is 16.6. The van der Waals surface area contributed by atoms with Crippen LogP contribution in [0.1, 0.15) is 60.6 Å². The zero-order chi connectivity index (χ0) is 23.4. The van der Waals surface area contributed by atoms with E-state index in [1.165, 1.54) is 11.1 Å². The Morgan fingerprint density at radius 3 is 2.72 bits per heavy atom. The third-order valence-electron chi connectivity index (χ3n) is 4.70. The number of aromatic nitrogens is 4. The van der Waals surface area contributed by atoms with Crippen LogP contribution >= 0.6 is 11.8 Å². The van der Waals surface area contributed by atoms with Gasteiger partial charge in [-0.1, -0.05) is 11.3 Å². The topological polar surface area (TPSA) is 186 Å². The Bertz CT molecular complexity index is 1270. The van der Waals surface area contributed by atoms with E-state index < -0.39 is 23.5 Å². The van der Waals surface area contributed by atoms with Gasteiger partial charge in [-0.3, -0.25) is 4.79 Å². The van der Waals surface area contributed by atoms with E-state index >= 15 is 0 Å². The van der Waals surface area contributed by atoms with Crippen molar-refractivity contribution in [2.45, 2.75) is 18.9 Å². The molecule has 0 spiro atoms. The summed E-state index contributed by atoms with van der Waals surface area (Å²) in [5.41, 5.74) is 7.00. The average Bonchev–Trinajstić information content (AvgIpc) is 3.41. The molecule has 0 bridgehead atoms. The van der Waals surface area contributed by atoms with Gasteiger partial charge in [-0.2, -0.15) is 9.78 Å². The maximum atomic E-state index is 11.5. The van der Waals surface area contributed by atoms with Crippen molar-refractivity contribution in [2.75, 3.05) is 7.11 Å². The standard InChI is InChI=1S/C10H9ClN2.C9H7N5O5/c11-13-10-4-2-8-5-7(6-12)1-3-9(8)10;1-19-9(18)4-2-3(8(16)17)11-7-5(6(10)15)12-13-14(4)7/h1,3,5,10,13H,2,4H2;2H,1H3,(H2,10,15)(H,16,17)/t10-;/m0./s1. The monoisotopic (exact) mass is 457 g/mol. The Kier molecular flexibility index (Phi) is 6.62. The van der Waals surface area contributed by atoms with Crippen LogP contribution in [0.4, 0.5) is 0 Å². The highest BCUT2D eigenvalue weighted by molar-refractivity contribution is 6.13. The molecular weight excluding hydrogens is 442 g/mol. The van der Waals surface area contributed by atoms with Gasteiger partial charge in [-0.25, -0.2) is 19.4 Å². The number of hydrogen-bond donors (Lipinski definition) is 3. The summed E-state index contributed by atoms with van der Waals surface area (Å²) in [5, 5.41) is 24.6. The predicted molar refractivity (Wildman–Crippen MR) is 109 cm³/mol. The van der Waals surface area contributed by atoms with E-state index in [2.05, 4.69) is 30.9 Å². The molecule has 12 nitrogen and oxygen atoms in total. The highest BCUT2D eigenvalue weighted by Crippen LogP contribution is 2.31. The van der Waals surface area contributed by atoms with E-state index in [1.807, 2.05) is 18.2 Å². The van der Waals surface area contributed by atoms with E-state index in [1.54, 1.807) is 0 Å². The summed E-state index contributed by atoms with van der Waals surface area (Å²) >= 11 is 5.59. The molecule has 1 aromatic carbocycles. The fraction of sp³-hybridized carbons (Fsp3) is 0.211. The van der Waals surface area contributed by atoms with E-state index in [4.69, 9.17) is 27.9 Å². The normalized spacial score (nSPS) is 14.1. The first-order valence-electron chi connectivity index (χ1n) is 9.07. The lowest BCUT2D eigenvalue weighted by Crippen LogP contribution is -2.16. The van der Waals surface area contributed by atoms with Gasteiger partial charge >= 0.3 is 11.9 Å². The number of carboxylic acids is 1. The first-order chi connectivity index (χ1) is 15.3. The van der Waals surface area contributed by atoms with Crippen LogP contribution in [0.15, 0.2) is 24.3 Å². The fourth-order valence-corrected chi connectivity index (χ4v) is 3.42. The summed E-state index contributed by atoms with van der Waals surface area (Å²) < 4.78 is 5.37. The minimum atomic E-state index is -1.38. The number of carbonyl (C=O) groups is 3. The molecule has 0 saturated heterocycles. The Morgan fingerprint density at radius 2 is 2.12 bits per heavy atom. The summed E-state index contributed by atoms with van der Waals surface area (Å²) in [4.78, 5) is 40.0. The molecule has 1 atom stereocenters. The minimum absolute atomic E-state index is 0.229. The van der Waals surface area contributed by atoms with Crippen LogP contribution in [0, 0.1) is 11.3 Å². The molecule has 0 unspecified atom stereocenters. The van der Waals surface area contributed by atoms with Crippen LogP contribution in [0.3, 0.4) is 0 Å². The number of ether oxygens (including phenoxy) is 1. The van der Waals surface area contributed by atoms with Crippen molar-refractivity contribution in [2.24, 2.45) is 5.73 Å². The van der Waals surface area contributed by atoms with Crippen molar-refractivity contribution in [1.29, 1.82) is 5.26 Å². The number of methoxy groups -OCH3 is 1. The largest absolute Gasteiger partial charge is 0.477 e. The molecular formula is C19H16ClN7O5. The molecule has 3 aromatic rings. The van der Waals surface area contributed by atoms with Crippen molar-refractivity contribution in [3.05, 3.63) is 58.0 Å². The van der Waals surface area contributed by atoms with Gasteiger partial charge < -0.3 is 15.6 Å².